The number of carbonyl (C=O) groups is 3. The quantitative estimate of drug-likeness (QED) is 0.0211. The van der Waals surface area contributed by atoms with E-state index in [1.807, 2.05) is 21.1 Å². The first-order valence-corrected chi connectivity index (χ1v) is 33.1. The van der Waals surface area contributed by atoms with Gasteiger partial charge in [-0.1, -0.05) is 271 Å². The van der Waals surface area contributed by atoms with Crippen LogP contribution < -0.4 is 0 Å². The number of ether oxygens (including phenoxy) is 4. The smallest absolute Gasteiger partial charge is 0.361 e. The van der Waals surface area contributed by atoms with Gasteiger partial charge in [0.2, 0.25) is 0 Å². The topological polar surface area (TPSA) is 108 Å². The Kier molecular flexibility index (Phi) is 58.9. The summed E-state index contributed by atoms with van der Waals surface area (Å²) in [6.45, 7) is 4.67. The van der Waals surface area contributed by atoms with E-state index in [9.17, 15) is 19.5 Å². The number of carboxylic acid groups (broad SMARTS) is 1. The van der Waals surface area contributed by atoms with Crippen molar-refractivity contribution in [2.75, 3.05) is 47.5 Å². The van der Waals surface area contributed by atoms with Crippen molar-refractivity contribution in [1.29, 1.82) is 0 Å². The van der Waals surface area contributed by atoms with Crippen LogP contribution in [0.15, 0.2) is 109 Å². The number of hydrogen-bond acceptors (Lipinski definition) is 7. The lowest BCUT2D eigenvalue weighted by molar-refractivity contribution is -0.870. The SMILES string of the molecule is CC/C=C\C/C=C\C/C=C\C/C=C\C/C=C\CCCCCCCCCCCCCCCC(=O)OC(COC(=O)CCCCCCCCCCCCCCCC/C=C\C/C=C\C/C=C\C/C=C\CC)COC(OCC[N+](C)(C)C)C(=O)O. The molecule has 0 aromatic carbocycles. The van der Waals surface area contributed by atoms with Gasteiger partial charge in [-0.15, -0.1) is 0 Å². The Morgan fingerprint density at radius 2 is 0.667 bits per heavy atom. The fourth-order valence-corrected chi connectivity index (χ4v) is 9.03. The molecule has 464 valence electrons. The molecule has 0 amide bonds. The summed E-state index contributed by atoms with van der Waals surface area (Å²) < 4.78 is 23.0. The molecule has 0 aromatic rings. The lowest BCUT2D eigenvalue weighted by Gasteiger charge is -2.25. The zero-order valence-electron chi connectivity index (χ0n) is 52.9. The zero-order valence-corrected chi connectivity index (χ0v) is 52.9. The number of aliphatic carboxylic acids is 1. The number of likely N-dealkylation sites (N-methyl/N-ethyl adjacent to an activating group) is 1. The van der Waals surface area contributed by atoms with Gasteiger partial charge in [-0.2, -0.15) is 0 Å². The van der Waals surface area contributed by atoms with Gasteiger partial charge in [-0.25, -0.2) is 4.79 Å². The molecule has 0 saturated heterocycles. The van der Waals surface area contributed by atoms with Gasteiger partial charge < -0.3 is 28.5 Å². The summed E-state index contributed by atoms with van der Waals surface area (Å²) >= 11 is 0. The van der Waals surface area contributed by atoms with Crippen molar-refractivity contribution in [3.63, 3.8) is 0 Å². The number of carbonyl (C=O) groups excluding carboxylic acids is 2. The molecule has 2 atom stereocenters. The molecule has 0 radical (unpaired) electrons. The van der Waals surface area contributed by atoms with E-state index in [0.29, 0.717) is 23.9 Å². The van der Waals surface area contributed by atoms with Crippen LogP contribution in [0.25, 0.3) is 0 Å². The highest BCUT2D eigenvalue weighted by Crippen LogP contribution is 2.17. The van der Waals surface area contributed by atoms with Crippen LogP contribution in [0.1, 0.15) is 271 Å². The zero-order chi connectivity index (χ0) is 59.1. The fraction of sp³-hybridized carbons (Fsp3) is 0.708. The molecule has 0 bridgehead atoms. The third kappa shape index (κ3) is 63.4. The molecule has 1 N–H and O–H groups in total. The predicted octanol–water partition coefficient (Wildman–Crippen LogP) is 20.2. The van der Waals surface area contributed by atoms with Gasteiger partial charge in [-0.05, 0) is 96.3 Å². The van der Waals surface area contributed by atoms with Crippen LogP contribution in [0.2, 0.25) is 0 Å². The number of rotatable bonds is 60. The highest BCUT2D eigenvalue weighted by atomic mass is 16.7. The fourth-order valence-electron chi connectivity index (χ4n) is 9.03. The Balaban J connectivity index is 4.16. The number of carboxylic acids is 1. The molecular weight excluding hydrogens is 1010 g/mol. The molecule has 0 heterocycles. The maximum absolute atomic E-state index is 12.9. The Bertz CT molecular complexity index is 1700. The van der Waals surface area contributed by atoms with Crippen LogP contribution >= 0.6 is 0 Å². The van der Waals surface area contributed by atoms with E-state index in [0.717, 1.165) is 96.3 Å². The second-order valence-electron chi connectivity index (χ2n) is 23.0. The molecule has 0 aromatic heterocycles. The Labute approximate surface area is 498 Å². The molecule has 9 nitrogen and oxygen atoms in total. The van der Waals surface area contributed by atoms with Crippen molar-refractivity contribution >= 4 is 17.9 Å². The standard InChI is InChI=1S/C72H123NO8/c1-6-8-10-12-14-16-18-20-22-24-26-28-30-32-34-35-37-39-41-43-45-47-49-51-53-55-57-59-61-63-70(75)81-68(67-80-72(71(76)77)78-65-64-73(3,4)5)66-79-69(74)62-60-58-56-54-52-50-48-46-44-42-40-38-36-33-31-29-27-25-23-21-19-17-15-13-11-9-7-2/h8-11,14-17,20-23,26-29,32,34,68,72H,6-7,12-13,18-19,24-25,30-31,33,35-67H2,1-5H3/p+1/b10-8-,11-9-,16-14-,17-15-,22-20-,23-21-,28-26-,29-27-,34-32-. The van der Waals surface area contributed by atoms with E-state index in [2.05, 4.69) is 123 Å². The van der Waals surface area contributed by atoms with Gasteiger partial charge in [-0.3, -0.25) is 9.59 Å². The normalized spacial score (nSPS) is 13.4. The number of hydrogen-bond donors (Lipinski definition) is 1. The van der Waals surface area contributed by atoms with Crippen molar-refractivity contribution in [2.45, 2.75) is 283 Å². The lowest BCUT2D eigenvalue weighted by Crippen LogP contribution is -2.40. The van der Waals surface area contributed by atoms with Crippen LogP contribution in [0.3, 0.4) is 0 Å². The average Bonchev–Trinajstić information content (AvgIpc) is 3.44. The third-order valence-electron chi connectivity index (χ3n) is 14.0. The van der Waals surface area contributed by atoms with E-state index in [1.165, 1.54) is 141 Å². The molecule has 2 unspecified atom stereocenters. The maximum Gasteiger partial charge on any atom is 0.361 e. The summed E-state index contributed by atoms with van der Waals surface area (Å²) in [6.07, 6.45) is 83.2. The van der Waals surface area contributed by atoms with Crippen molar-refractivity contribution in [1.82, 2.24) is 0 Å². The summed E-state index contributed by atoms with van der Waals surface area (Å²) in [5, 5.41) is 9.74. The molecule has 81 heavy (non-hydrogen) atoms. The van der Waals surface area contributed by atoms with E-state index in [4.69, 9.17) is 18.9 Å². The van der Waals surface area contributed by atoms with Crippen LogP contribution in [0.4, 0.5) is 0 Å². The lowest BCUT2D eigenvalue weighted by atomic mass is 10.0. The molecular formula is C72H124NO8+. The molecule has 0 saturated carbocycles. The molecule has 0 rings (SSSR count). The van der Waals surface area contributed by atoms with Gasteiger partial charge in [0, 0.05) is 12.8 Å². The summed E-state index contributed by atoms with van der Waals surface area (Å²) in [4.78, 5) is 37.6. The van der Waals surface area contributed by atoms with E-state index >= 15 is 0 Å². The Morgan fingerprint density at radius 1 is 0.370 bits per heavy atom. The first-order chi connectivity index (χ1) is 39.6. The second-order valence-corrected chi connectivity index (χ2v) is 23.0. The van der Waals surface area contributed by atoms with Gasteiger partial charge >= 0.3 is 17.9 Å². The van der Waals surface area contributed by atoms with Crippen molar-refractivity contribution in [3.05, 3.63) is 109 Å². The van der Waals surface area contributed by atoms with Gasteiger partial charge in [0.15, 0.2) is 6.10 Å². The average molecular weight is 1130 g/mol. The second kappa shape index (κ2) is 62.0. The molecule has 0 fully saturated rings. The highest BCUT2D eigenvalue weighted by Gasteiger charge is 2.25. The number of esters is 2. The Morgan fingerprint density at radius 3 is 0.988 bits per heavy atom. The van der Waals surface area contributed by atoms with Crippen LogP contribution in [0, 0.1) is 0 Å². The Hall–Kier alpha value is -4.05. The van der Waals surface area contributed by atoms with E-state index in [-0.39, 0.29) is 32.2 Å². The first kappa shape index (κ1) is 77.0. The minimum atomic E-state index is -1.52. The van der Waals surface area contributed by atoms with Crippen LogP contribution in [0.5, 0.6) is 0 Å². The van der Waals surface area contributed by atoms with Crippen molar-refractivity contribution in [2.24, 2.45) is 0 Å². The summed E-state index contributed by atoms with van der Waals surface area (Å²) in [6, 6.07) is 0. The minimum absolute atomic E-state index is 0.184. The molecule has 0 aliphatic heterocycles. The summed E-state index contributed by atoms with van der Waals surface area (Å²) in [7, 11) is 5.97. The maximum atomic E-state index is 12.9. The van der Waals surface area contributed by atoms with Crippen LogP contribution in [-0.4, -0.2) is 87.4 Å². The molecule has 0 spiro atoms. The van der Waals surface area contributed by atoms with Gasteiger partial charge in [0.1, 0.15) is 13.2 Å². The van der Waals surface area contributed by atoms with Crippen molar-refractivity contribution < 1.29 is 42.9 Å². The van der Waals surface area contributed by atoms with Crippen LogP contribution in [-0.2, 0) is 33.3 Å². The number of allylic oxidation sites excluding steroid dienone is 18. The third-order valence-corrected chi connectivity index (χ3v) is 14.0. The largest absolute Gasteiger partial charge is 0.477 e. The highest BCUT2D eigenvalue weighted by molar-refractivity contribution is 5.71. The number of unbranched alkanes of at least 4 members (excludes halogenated alkanes) is 27. The van der Waals surface area contributed by atoms with Gasteiger partial charge in [0.25, 0.3) is 6.29 Å². The molecule has 9 heteroatoms. The van der Waals surface area contributed by atoms with E-state index < -0.39 is 24.3 Å². The predicted molar refractivity (Wildman–Crippen MR) is 345 cm³/mol. The minimum Gasteiger partial charge on any atom is -0.477 e. The molecule has 0 aliphatic carbocycles. The van der Waals surface area contributed by atoms with E-state index in [1.54, 1.807) is 0 Å². The van der Waals surface area contributed by atoms with Gasteiger partial charge in [0.05, 0.1) is 34.4 Å². The summed E-state index contributed by atoms with van der Waals surface area (Å²) in [5.41, 5.74) is 0. The number of nitrogens with zero attached hydrogens (tertiary/aromatic N) is 1. The number of quaternary nitrogens is 1. The first-order valence-electron chi connectivity index (χ1n) is 33.1. The van der Waals surface area contributed by atoms with Crippen molar-refractivity contribution in [3.8, 4) is 0 Å². The molecule has 0 aliphatic rings. The monoisotopic (exact) mass is 1130 g/mol. The summed E-state index contributed by atoms with van der Waals surface area (Å²) in [5.74, 6) is -2.00.